The predicted octanol–water partition coefficient (Wildman–Crippen LogP) is 1.35. The van der Waals surface area contributed by atoms with E-state index in [0.29, 0.717) is 0 Å². The van der Waals surface area contributed by atoms with Crippen LogP contribution in [0.25, 0.3) is 0 Å². The normalized spacial score (nSPS) is 12.7. The zero-order valence-electron chi connectivity index (χ0n) is 5.15. The Balaban J connectivity index is 3.42. The van der Waals surface area contributed by atoms with Crippen LogP contribution >= 0.6 is 23.2 Å². The van der Waals surface area contributed by atoms with Crippen molar-refractivity contribution in [2.24, 2.45) is 0 Å². The van der Waals surface area contributed by atoms with Crippen LogP contribution in [0.1, 0.15) is 0 Å². The van der Waals surface area contributed by atoms with Gasteiger partial charge < -0.3 is 4.74 Å². The fourth-order valence-electron chi connectivity index (χ4n) is 0.293. The third-order valence-corrected chi connectivity index (χ3v) is 1.14. The average Bonchev–Trinajstić information content (AvgIpc) is 1.98. The number of ether oxygens (including phenoxy) is 1. The summed E-state index contributed by atoms with van der Waals surface area (Å²) in [6.45, 7) is 0.0255. The van der Waals surface area contributed by atoms with Crippen molar-refractivity contribution < 1.29 is 13.9 Å². The summed E-state index contributed by atoms with van der Waals surface area (Å²) in [5, 5.41) is 0. The van der Waals surface area contributed by atoms with E-state index in [1.807, 2.05) is 0 Å². The Morgan fingerprint density at radius 1 is 1.60 bits per heavy atom. The quantitative estimate of drug-likeness (QED) is 0.492. The van der Waals surface area contributed by atoms with Crippen LogP contribution in [0.4, 0.5) is 4.39 Å². The van der Waals surface area contributed by atoms with Gasteiger partial charge in [0.25, 0.3) is 0 Å². The summed E-state index contributed by atoms with van der Waals surface area (Å²) in [6.07, 6.45) is -1.73. The van der Waals surface area contributed by atoms with Crippen LogP contribution in [0.5, 0.6) is 0 Å². The van der Waals surface area contributed by atoms with Gasteiger partial charge in [-0.3, -0.25) is 0 Å². The molecule has 60 valence electrons. The number of hydrogen-bond acceptors (Lipinski definition) is 2. The molecule has 0 heterocycles. The number of halogens is 3. The molecule has 0 radical (unpaired) electrons. The van der Waals surface area contributed by atoms with E-state index in [1.54, 1.807) is 0 Å². The Bertz CT molecular complexity index is 110. The van der Waals surface area contributed by atoms with Gasteiger partial charge in [-0.25, -0.2) is 9.18 Å². The molecule has 2 nitrogen and oxygen atoms in total. The maximum absolute atomic E-state index is 12.2. The van der Waals surface area contributed by atoms with Crippen molar-refractivity contribution in [2.45, 2.75) is 6.17 Å². The van der Waals surface area contributed by atoms with E-state index in [9.17, 15) is 9.18 Å². The maximum atomic E-state index is 12.2. The molecule has 0 amide bonds. The lowest BCUT2D eigenvalue weighted by atomic mass is 10.4. The highest BCUT2D eigenvalue weighted by Gasteiger charge is 2.16. The molecule has 0 saturated heterocycles. The number of carbonyl (C=O) groups excluding carboxylic acids is 1. The molecule has 0 rings (SSSR count). The van der Waals surface area contributed by atoms with Gasteiger partial charge in [0.1, 0.15) is 6.61 Å². The molecule has 1 atom stereocenters. The van der Waals surface area contributed by atoms with E-state index in [-0.39, 0.29) is 18.4 Å². The second-order valence-corrected chi connectivity index (χ2v) is 2.16. The van der Waals surface area contributed by atoms with Crippen LogP contribution in [-0.4, -0.2) is 30.5 Å². The van der Waals surface area contributed by atoms with Crippen molar-refractivity contribution in [3.63, 3.8) is 0 Å². The largest absolute Gasteiger partial charge is 0.462 e. The SMILES string of the molecule is O=C(OCCCl)C(F)CCl. The molecule has 10 heavy (non-hydrogen) atoms. The number of hydrogen-bond donors (Lipinski definition) is 0. The van der Waals surface area contributed by atoms with Gasteiger partial charge in [0.05, 0.1) is 11.8 Å². The molecule has 0 aromatic rings. The third-order valence-electron chi connectivity index (χ3n) is 0.713. The molecule has 0 aromatic heterocycles. The lowest BCUT2D eigenvalue weighted by Crippen LogP contribution is -2.21. The maximum Gasteiger partial charge on any atom is 0.342 e. The molecule has 0 aliphatic carbocycles. The number of carbonyl (C=O) groups is 1. The highest BCUT2D eigenvalue weighted by atomic mass is 35.5. The van der Waals surface area contributed by atoms with Crippen LogP contribution in [0, 0.1) is 0 Å². The van der Waals surface area contributed by atoms with E-state index in [1.165, 1.54) is 0 Å². The zero-order valence-corrected chi connectivity index (χ0v) is 6.66. The van der Waals surface area contributed by atoms with E-state index in [0.717, 1.165) is 0 Å². The second kappa shape index (κ2) is 5.74. The van der Waals surface area contributed by atoms with Crippen LogP contribution in [0.2, 0.25) is 0 Å². The Kier molecular flexibility index (Phi) is 5.73. The van der Waals surface area contributed by atoms with Gasteiger partial charge in [0.15, 0.2) is 0 Å². The molecule has 0 aliphatic rings. The number of esters is 1. The van der Waals surface area contributed by atoms with Gasteiger partial charge in [-0.05, 0) is 0 Å². The molecule has 0 saturated carbocycles. The Labute approximate surface area is 68.2 Å². The van der Waals surface area contributed by atoms with E-state index in [4.69, 9.17) is 23.2 Å². The molecular weight excluding hydrogens is 182 g/mol. The topological polar surface area (TPSA) is 26.3 Å². The molecular formula is C5H7Cl2FO2. The number of alkyl halides is 3. The zero-order chi connectivity index (χ0) is 7.98. The molecule has 0 spiro atoms. The standard InChI is InChI=1S/C5H7Cl2FO2/c6-1-2-10-5(9)4(8)3-7/h4H,1-3H2. The molecule has 0 aliphatic heterocycles. The Hall–Kier alpha value is -0.0200. The first kappa shape index (κ1) is 9.98. The van der Waals surface area contributed by atoms with Gasteiger partial charge in [-0.2, -0.15) is 0 Å². The molecule has 0 fully saturated rings. The van der Waals surface area contributed by atoms with Gasteiger partial charge in [-0.15, -0.1) is 23.2 Å². The van der Waals surface area contributed by atoms with Crippen molar-refractivity contribution >= 4 is 29.2 Å². The van der Waals surface area contributed by atoms with Crippen molar-refractivity contribution in [1.29, 1.82) is 0 Å². The van der Waals surface area contributed by atoms with Crippen LogP contribution in [0.15, 0.2) is 0 Å². The summed E-state index contributed by atoms with van der Waals surface area (Å²) in [5.74, 6) is -1.15. The van der Waals surface area contributed by atoms with E-state index in [2.05, 4.69) is 4.74 Å². The summed E-state index contributed by atoms with van der Waals surface area (Å²) in [6, 6.07) is 0. The minimum Gasteiger partial charge on any atom is -0.462 e. The molecule has 0 N–H and O–H groups in total. The fourth-order valence-corrected chi connectivity index (χ4v) is 0.496. The van der Waals surface area contributed by atoms with Crippen LogP contribution in [-0.2, 0) is 9.53 Å². The monoisotopic (exact) mass is 188 g/mol. The summed E-state index contributed by atoms with van der Waals surface area (Å²) in [7, 11) is 0. The summed E-state index contributed by atoms with van der Waals surface area (Å²) in [5.41, 5.74) is 0. The third kappa shape index (κ3) is 3.90. The first-order valence-corrected chi connectivity index (χ1v) is 3.72. The van der Waals surface area contributed by atoms with Gasteiger partial charge in [0, 0.05) is 0 Å². The Morgan fingerprint density at radius 3 is 2.60 bits per heavy atom. The van der Waals surface area contributed by atoms with Crippen LogP contribution in [0.3, 0.4) is 0 Å². The lowest BCUT2D eigenvalue weighted by Gasteiger charge is -2.02. The second-order valence-electron chi connectivity index (χ2n) is 1.48. The molecule has 0 bridgehead atoms. The number of rotatable bonds is 4. The van der Waals surface area contributed by atoms with E-state index < -0.39 is 12.1 Å². The summed E-state index contributed by atoms with van der Waals surface area (Å²) < 4.78 is 16.5. The van der Waals surface area contributed by atoms with Gasteiger partial charge >= 0.3 is 5.97 Å². The first-order chi connectivity index (χ1) is 4.72. The fraction of sp³-hybridized carbons (Fsp3) is 0.800. The minimum atomic E-state index is -1.73. The summed E-state index contributed by atoms with van der Waals surface area (Å²) >= 11 is 10.2. The van der Waals surface area contributed by atoms with Gasteiger partial charge in [-0.1, -0.05) is 0 Å². The minimum absolute atomic E-state index is 0.0255. The molecule has 0 aromatic carbocycles. The van der Waals surface area contributed by atoms with Crippen molar-refractivity contribution in [2.75, 3.05) is 18.4 Å². The van der Waals surface area contributed by atoms with Gasteiger partial charge in [0.2, 0.25) is 6.17 Å². The van der Waals surface area contributed by atoms with Crippen molar-refractivity contribution in [3.8, 4) is 0 Å². The smallest absolute Gasteiger partial charge is 0.342 e. The van der Waals surface area contributed by atoms with E-state index >= 15 is 0 Å². The van der Waals surface area contributed by atoms with Crippen LogP contribution < -0.4 is 0 Å². The Morgan fingerprint density at radius 2 is 2.20 bits per heavy atom. The predicted molar refractivity (Wildman–Crippen MR) is 37.3 cm³/mol. The van der Waals surface area contributed by atoms with Crippen molar-refractivity contribution in [3.05, 3.63) is 0 Å². The first-order valence-electron chi connectivity index (χ1n) is 2.65. The average molecular weight is 189 g/mol. The lowest BCUT2D eigenvalue weighted by molar-refractivity contribution is -0.148. The molecule has 1 unspecified atom stereocenters. The van der Waals surface area contributed by atoms with Crippen molar-refractivity contribution in [1.82, 2.24) is 0 Å². The highest BCUT2D eigenvalue weighted by molar-refractivity contribution is 6.19. The summed E-state index contributed by atoms with van der Waals surface area (Å²) in [4.78, 5) is 10.4. The molecule has 5 heteroatoms. The highest BCUT2D eigenvalue weighted by Crippen LogP contribution is 1.97.